The van der Waals surface area contributed by atoms with Crippen LogP contribution in [0.1, 0.15) is 12.5 Å². The molecule has 144 valence electrons. The van der Waals surface area contributed by atoms with E-state index < -0.39 is 18.6 Å². The number of carbonyl (C=O) groups is 1. The van der Waals surface area contributed by atoms with Crippen molar-refractivity contribution in [1.29, 1.82) is 0 Å². The van der Waals surface area contributed by atoms with Crippen LogP contribution in [0.25, 0.3) is 0 Å². The minimum Gasteiger partial charge on any atom is -0.357 e. The van der Waals surface area contributed by atoms with E-state index in [1.54, 1.807) is 29.9 Å². The number of aromatic nitrogens is 2. The minimum absolute atomic E-state index is 0. The van der Waals surface area contributed by atoms with Crippen molar-refractivity contribution in [3.05, 3.63) is 18.0 Å². The van der Waals surface area contributed by atoms with Crippen molar-refractivity contribution >= 4 is 35.8 Å². The van der Waals surface area contributed by atoms with Gasteiger partial charge >= 0.3 is 6.18 Å². The maximum Gasteiger partial charge on any atom is 0.406 e. The Bertz CT molecular complexity index is 575. The van der Waals surface area contributed by atoms with Gasteiger partial charge in [0.25, 0.3) is 0 Å². The summed E-state index contributed by atoms with van der Waals surface area (Å²) in [5.74, 6) is -0.257. The highest BCUT2D eigenvalue weighted by atomic mass is 127. The fourth-order valence-electron chi connectivity index (χ4n) is 1.99. The molecule has 0 aromatic carbocycles. The molecule has 0 fully saturated rings. The molecule has 1 rings (SSSR count). The van der Waals surface area contributed by atoms with Gasteiger partial charge in [0.1, 0.15) is 13.1 Å². The summed E-state index contributed by atoms with van der Waals surface area (Å²) in [6.07, 6.45) is -0.861. The topological polar surface area (TPSA) is 65.8 Å². The number of likely N-dealkylation sites (N-methyl/N-ethyl adjacent to an activating group) is 1. The largest absolute Gasteiger partial charge is 0.406 e. The van der Waals surface area contributed by atoms with Gasteiger partial charge in [-0.15, -0.1) is 24.0 Å². The smallest absolute Gasteiger partial charge is 0.357 e. The molecule has 0 saturated carbocycles. The Kier molecular flexibility index (Phi) is 9.82. The molecule has 0 atom stereocenters. The molecule has 1 heterocycles. The highest BCUT2D eigenvalue weighted by molar-refractivity contribution is 14.0. The molecule has 0 spiro atoms. The van der Waals surface area contributed by atoms with Crippen LogP contribution in [0, 0.1) is 0 Å². The molecule has 0 unspecified atom stereocenters. The normalized spacial score (nSPS) is 11.7. The highest BCUT2D eigenvalue weighted by Crippen LogP contribution is 2.15. The first-order chi connectivity index (χ1) is 11.1. The van der Waals surface area contributed by atoms with Crippen LogP contribution in [-0.2, 0) is 18.4 Å². The zero-order valence-corrected chi connectivity index (χ0v) is 17.0. The Hall–Kier alpha value is -1.53. The van der Waals surface area contributed by atoms with Crippen LogP contribution in [0.4, 0.5) is 13.2 Å². The third-order valence-corrected chi connectivity index (χ3v) is 3.08. The minimum atomic E-state index is -4.42. The third kappa shape index (κ3) is 8.93. The molecule has 1 amide bonds. The number of hydrogen-bond donors (Lipinski definition) is 1. The first-order valence-corrected chi connectivity index (χ1v) is 7.40. The van der Waals surface area contributed by atoms with E-state index in [0.29, 0.717) is 23.9 Å². The molecular formula is C14H24F3IN6O. The van der Waals surface area contributed by atoms with Gasteiger partial charge in [-0.1, -0.05) is 0 Å². The number of aliphatic imine (C=N–C) groups is 1. The van der Waals surface area contributed by atoms with E-state index in [0.717, 1.165) is 12.6 Å². The quantitative estimate of drug-likeness (QED) is 0.384. The number of hydrogen-bond acceptors (Lipinski definition) is 3. The number of aryl methyl sites for hydroxylation is 1. The van der Waals surface area contributed by atoms with Gasteiger partial charge in [0.2, 0.25) is 5.91 Å². The molecule has 1 N–H and O–H groups in total. The summed E-state index contributed by atoms with van der Waals surface area (Å²) >= 11 is 0. The Morgan fingerprint density at radius 2 is 2.00 bits per heavy atom. The Labute approximate surface area is 162 Å². The van der Waals surface area contributed by atoms with E-state index >= 15 is 0 Å². The van der Waals surface area contributed by atoms with Crippen molar-refractivity contribution < 1.29 is 18.0 Å². The van der Waals surface area contributed by atoms with Crippen molar-refractivity contribution in [2.45, 2.75) is 19.6 Å². The molecule has 0 bridgehead atoms. The fourth-order valence-corrected chi connectivity index (χ4v) is 1.99. The number of amides is 1. The molecule has 0 aliphatic carbocycles. The van der Waals surface area contributed by atoms with E-state index in [-0.39, 0.29) is 30.5 Å². The van der Waals surface area contributed by atoms with Crippen molar-refractivity contribution in [1.82, 2.24) is 24.9 Å². The van der Waals surface area contributed by atoms with Crippen LogP contribution in [0.3, 0.4) is 0 Å². The summed E-state index contributed by atoms with van der Waals surface area (Å²) in [5.41, 5.74) is 0.950. The number of carbonyl (C=O) groups excluding carboxylic acids is 1. The summed E-state index contributed by atoms with van der Waals surface area (Å²) in [7, 11) is 4.69. The van der Waals surface area contributed by atoms with Gasteiger partial charge in [0.15, 0.2) is 5.96 Å². The third-order valence-electron chi connectivity index (χ3n) is 3.08. The fraction of sp³-hybridized carbons (Fsp3) is 0.643. The SMILES string of the molecule is CCNC(=NCC(=O)N(C)CC(F)(F)F)N(C)Cc1cnn(C)c1.I. The maximum atomic E-state index is 12.3. The predicted octanol–water partition coefficient (Wildman–Crippen LogP) is 1.46. The molecule has 25 heavy (non-hydrogen) atoms. The Morgan fingerprint density at radius 1 is 1.36 bits per heavy atom. The number of nitrogens with one attached hydrogen (secondary N) is 1. The highest BCUT2D eigenvalue weighted by Gasteiger charge is 2.31. The molecular weight excluding hydrogens is 452 g/mol. The van der Waals surface area contributed by atoms with E-state index in [2.05, 4.69) is 15.4 Å². The summed E-state index contributed by atoms with van der Waals surface area (Å²) < 4.78 is 38.6. The number of guanidine groups is 1. The van der Waals surface area contributed by atoms with E-state index in [1.807, 2.05) is 13.1 Å². The molecule has 1 aromatic heterocycles. The molecule has 1 aromatic rings. The monoisotopic (exact) mass is 476 g/mol. The molecule has 0 radical (unpaired) electrons. The van der Waals surface area contributed by atoms with Crippen LogP contribution in [0.2, 0.25) is 0 Å². The molecule has 11 heteroatoms. The number of nitrogens with zero attached hydrogens (tertiary/aromatic N) is 5. The van der Waals surface area contributed by atoms with Crippen LogP contribution in [-0.4, -0.2) is 71.4 Å². The number of alkyl halides is 3. The van der Waals surface area contributed by atoms with Crippen molar-refractivity contribution in [3.63, 3.8) is 0 Å². The second-order valence-electron chi connectivity index (χ2n) is 5.41. The molecule has 0 saturated heterocycles. The molecule has 0 aliphatic heterocycles. The first-order valence-electron chi connectivity index (χ1n) is 7.40. The second-order valence-corrected chi connectivity index (χ2v) is 5.41. The van der Waals surface area contributed by atoms with Gasteiger partial charge in [-0.3, -0.25) is 9.48 Å². The lowest BCUT2D eigenvalue weighted by Crippen LogP contribution is -2.40. The van der Waals surface area contributed by atoms with Gasteiger partial charge < -0.3 is 15.1 Å². The van der Waals surface area contributed by atoms with Gasteiger partial charge in [0.05, 0.1) is 6.20 Å². The zero-order chi connectivity index (χ0) is 18.3. The van der Waals surface area contributed by atoms with Crippen LogP contribution in [0.15, 0.2) is 17.4 Å². The standard InChI is InChI=1S/C14H23F3N6O.HI/c1-5-18-13(21(2)8-11-6-20-23(4)9-11)19-7-12(24)22(3)10-14(15,16)17;/h6,9H,5,7-8,10H2,1-4H3,(H,18,19);1H. The first kappa shape index (κ1) is 23.5. The van der Waals surface area contributed by atoms with Gasteiger partial charge in [-0.2, -0.15) is 18.3 Å². The van der Waals surface area contributed by atoms with Crippen LogP contribution in [0.5, 0.6) is 0 Å². The van der Waals surface area contributed by atoms with E-state index in [1.165, 1.54) is 0 Å². The summed E-state index contributed by atoms with van der Waals surface area (Å²) in [6.45, 7) is 1.30. The number of halogens is 4. The predicted molar refractivity (Wildman–Crippen MR) is 99.8 cm³/mol. The lowest BCUT2D eigenvalue weighted by molar-refractivity contribution is -0.157. The maximum absolute atomic E-state index is 12.3. The van der Waals surface area contributed by atoms with Gasteiger partial charge in [-0.05, 0) is 6.92 Å². The van der Waals surface area contributed by atoms with Gasteiger partial charge in [0, 0.05) is 46.0 Å². The summed E-state index contributed by atoms with van der Waals surface area (Å²) in [6, 6.07) is 0. The van der Waals surface area contributed by atoms with E-state index in [4.69, 9.17) is 0 Å². The summed E-state index contributed by atoms with van der Waals surface area (Å²) in [5, 5.41) is 7.08. The average Bonchev–Trinajstić information content (AvgIpc) is 2.86. The Morgan fingerprint density at radius 3 is 2.48 bits per heavy atom. The Balaban J connectivity index is 0.00000576. The van der Waals surface area contributed by atoms with Crippen molar-refractivity contribution in [2.75, 3.05) is 33.7 Å². The van der Waals surface area contributed by atoms with Crippen LogP contribution >= 0.6 is 24.0 Å². The van der Waals surface area contributed by atoms with E-state index in [9.17, 15) is 18.0 Å². The average molecular weight is 476 g/mol. The lowest BCUT2D eigenvalue weighted by atomic mass is 10.3. The van der Waals surface area contributed by atoms with Crippen molar-refractivity contribution in [3.8, 4) is 0 Å². The lowest BCUT2D eigenvalue weighted by Gasteiger charge is -2.22. The van der Waals surface area contributed by atoms with Crippen LogP contribution < -0.4 is 5.32 Å². The zero-order valence-electron chi connectivity index (χ0n) is 14.7. The second kappa shape index (κ2) is 10.5. The summed E-state index contributed by atoms with van der Waals surface area (Å²) in [4.78, 5) is 18.3. The van der Waals surface area contributed by atoms with Gasteiger partial charge in [-0.25, -0.2) is 4.99 Å². The molecule has 0 aliphatic rings. The number of rotatable bonds is 6. The molecule has 7 nitrogen and oxygen atoms in total. The van der Waals surface area contributed by atoms with Crippen molar-refractivity contribution in [2.24, 2.45) is 12.0 Å².